The van der Waals surface area contributed by atoms with E-state index in [0.29, 0.717) is 36.0 Å². The van der Waals surface area contributed by atoms with Crippen molar-refractivity contribution in [2.45, 2.75) is 64.2 Å². The number of ether oxygens (including phenoxy) is 1. The molecular formula is C24H27F3N2O2S2. The topological polar surface area (TPSA) is 51.2 Å². The van der Waals surface area contributed by atoms with E-state index < -0.39 is 11.7 Å². The first kappa shape index (κ1) is 24.3. The minimum absolute atomic E-state index is 0.189. The zero-order valence-electron chi connectivity index (χ0n) is 18.7. The number of methoxy groups -OCH3 is 1. The van der Waals surface area contributed by atoms with Crippen LogP contribution >= 0.6 is 22.7 Å². The molecule has 33 heavy (non-hydrogen) atoms. The van der Waals surface area contributed by atoms with Crippen molar-refractivity contribution in [2.24, 2.45) is 0 Å². The third kappa shape index (κ3) is 5.65. The molecule has 178 valence electrons. The Kier molecular flexibility index (Phi) is 7.53. The summed E-state index contributed by atoms with van der Waals surface area (Å²) < 4.78 is 45.3. The first-order valence-electron chi connectivity index (χ1n) is 11.1. The number of nitrogens with one attached hydrogen (secondary N) is 1. The first-order valence-corrected chi connectivity index (χ1v) is 12.7. The van der Waals surface area contributed by atoms with Crippen LogP contribution in [0.15, 0.2) is 18.2 Å². The lowest BCUT2D eigenvalue weighted by molar-refractivity contribution is -0.137. The Labute approximate surface area is 199 Å². The number of Topliss-reactive ketones (excluding diaryl/α,β-unsaturated/α-hetero) is 1. The Morgan fingerprint density at radius 2 is 2.06 bits per heavy atom. The molecule has 0 spiro atoms. The molecule has 9 heteroatoms. The normalized spacial score (nSPS) is 16.3. The molecule has 1 aliphatic rings. The lowest BCUT2D eigenvalue weighted by Crippen LogP contribution is -2.32. The zero-order valence-corrected chi connectivity index (χ0v) is 20.3. The maximum Gasteiger partial charge on any atom is 0.416 e. The number of hydrogen-bond acceptors (Lipinski definition) is 6. The highest BCUT2D eigenvalue weighted by Gasteiger charge is 2.31. The molecule has 0 bridgehead atoms. The molecule has 1 N–H and O–H groups in total. The van der Waals surface area contributed by atoms with Crippen molar-refractivity contribution >= 4 is 38.7 Å². The number of rotatable bonds is 9. The maximum atomic E-state index is 13.2. The minimum Gasteiger partial charge on any atom is -0.385 e. The Bertz CT molecular complexity index is 1140. The second kappa shape index (κ2) is 10.2. The van der Waals surface area contributed by atoms with Crippen LogP contribution in [-0.2, 0) is 35.1 Å². The maximum absolute atomic E-state index is 13.2. The van der Waals surface area contributed by atoms with Crippen LogP contribution in [0.25, 0.3) is 20.8 Å². The molecule has 1 aliphatic heterocycles. The van der Waals surface area contributed by atoms with E-state index in [1.807, 2.05) is 0 Å². The summed E-state index contributed by atoms with van der Waals surface area (Å²) in [5, 5.41) is 4.17. The van der Waals surface area contributed by atoms with E-state index in [-0.39, 0.29) is 5.78 Å². The molecular weight excluding hydrogens is 469 g/mol. The van der Waals surface area contributed by atoms with Crippen molar-refractivity contribution in [1.82, 2.24) is 10.3 Å². The summed E-state index contributed by atoms with van der Waals surface area (Å²) in [5.74, 6) is 0.189. The molecule has 0 amide bonds. The summed E-state index contributed by atoms with van der Waals surface area (Å²) in [4.78, 5) is 19.5. The summed E-state index contributed by atoms with van der Waals surface area (Å²) in [6, 6.07) is 4.00. The van der Waals surface area contributed by atoms with E-state index in [2.05, 4.69) is 17.2 Å². The first-order chi connectivity index (χ1) is 15.8. The van der Waals surface area contributed by atoms with Crippen LogP contribution in [-0.4, -0.2) is 30.5 Å². The quantitative estimate of drug-likeness (QED) is 0.349. The van der Waals surface area contributed by atoms with Crippen LogP contribution in [0.4, 0.5) is 13.2 Å². The van der Waals surface area contributed by atoms with Crippen molar-refractivity contribution in [2.75, 3.05) is 13.7 Å². The Balaban J connectivity index is 1.64. The summed E-state index contributed by atoms with van der Waals surface area (Å²) in [7, 11) is 1.67. The number of nitrogens with zero attached hydrogens (tertiary/aromatic N) is 1. The van der Waals surface area contributed by atoms with Crippen molar-refractivity contribution < 1.29 is 22.7 Å². The van der Waals surface area contributed by atoms with Gasteiger partial charge in [-0.3, -0.25) is 4.79 Å². The number of ketones is 1. The fourth-order valence-electron chi connectivity index (χ4n) is 4.17. The van der Waals surface area contributed by atoms with E-state index in [4.69, 9.17) is 4.74 Å². The van der Waals surface area contributed by atoms with Crippen LogP contribution < -0.4 is 5.32 Å². The van der Waals surface area contributed by atoms with Crippen molar-refractivity contribution in [1.29, 1.82) is 0 Å². The van der Waals surface area contributed by atoms with Crippen LogP contribution in [0.3, 0.4) is 0 Å². The van der Waals surface area contributed by atoms with Gasteiger partial charge in [0.15, 0.2) is 0 Å². The van der Waals surface area contributed by atoms with Gasteiger partial charge in [0, 0.05) is 54.5 Å². The van der Waals surface area contributed by atoms with Gasteiger partial charge in [-0.25, -0.2) is 4.98 Å². The number of thiophene rings is 1. The molecule has 1 unspecified atom stereocenters. The summed E-state index contributed by atoms with van der Waals surface area (Å²) in [6.45, 7) is 3.56. The van der Waals surface area contributed by atoms with Gasteiger partial charge in [0.2, 0.25) is 0 Å². The molecule has 0 radical (unpaired) electrons. The van der Waals surface area contributed by atoms with E-state index >= 15 is 0 Å². The molecule has 0 aliphatic carbocycles. The van der Waals surface area contributed by atoms with Crippen LogP contribution in [0.5, 0.6) is 0 Å². The smallest absolute Gasteiger partial charge is 0.385 e. The van der Waals surface area contributed by atoms with Crippen LogP contribution in [0.2, 0.25) is 0 Å². The second-order valence-electron chi connectivity index (χ2n) is 8.51. The Morgan fingerprint density at radius 1 is 1.24 bits per heavy atom. The molecule has 4 nitrogen and oxygen atoms in total. The van der Waals surface area contributed by atoms with Gasteiger partial charge in [-0.1, -0.05) is 6.42 Å². The number of carbonyl (C=O) groups excluding carboxylic acids is 1. The number of hydrogen-bond donors (Lipinski definition) is 1. The Hall–Kier alpha value is -1.81. The van der Waals surface area contributed by atoms with Crippen LogP contribution in [0.1, 0.15) is 53.5 Å². The number of alkyl halides is 3. The molecule has 2 aromatic heterocycles. The summed E-state index contributed by atoms with van der Waals surface area (Å²) in [5.41, 5.74) is 1.80. The monoisotopic (exact) mass is 496 g/mol. The highest BCUT2D eigenvalue weighted by molar-refractivity contribution is 7.22. The largest absolute Gasteiger partial charge is 0.416 e. The third-order valence-electron chi connectivity index (χ3n) is 5.88. The molecule has 3 heterocycles. The zero-order chi connectivity index (χ0) is 23.6. The highest BCUT2D eigenvalue weighted by Crippen LogP contribution is 2.43. The number of thiazole rings is 1. The van der Waals surface area contributed by atoms with Crippen molar-refractivity contribution in [3.8, 4) is 10.6 Å². The number of carbonyl (C=O) groups is 1. The van der Waals surface area contributed by atoms with E-state index in [1.54, 1.807) is 18.4 Å². The van der Waals surface area contributed by atoms with Gasteiger partial charge in [-0.05, 0) is 49.9 Å². The summed E-state index contributed by atoms with van der Waals surface area (Å²) >= 11 is 3.03. The fraction of sp³-hybridized carbons (Fsp3) is 0.500. The number of aromatic nitrogens is 1. The fourth-order valence-corrected chi connectivity index (χ4v) is 6.60. The number of fused-ring (bicyclic) bond motifs is 2. The van der Waals surface area contributed by atoms with Gasteiger partial charge in [0.05, 0.1) is 15.8 Å². The molecule has 0 saturated heterocycles. The predicted octanol–water partition coefficient (Wildman–Crippen LogP) is 6.40. The lowest BCUT2D eigenvalue weighted by atomic mass is 9.97. The minimum atomic E-state index is -4.40. The molecule has 1 atom stereocenters. The van der Waals surface area contributed by atoms with Gasteiger partial charge < -0.3 is 10.1 Å². The molecule has 1 aromatic carbocycles. The second-order valence-corrected chi connectivity index (χ2v) is 10.7. The number of halogens is 3. The number of benzene rings is 1. The predicted molar refractivity (Wildman–Crippen MR) is 127 cm³/mol. The third-order valence-corrected chi connectivity index (χ3v) is 8.16. The average molecular weight is 497 g/mol. The van der Waals surface area contributed by atoms with Crippen LogP contribution in [0, 0.1) is 0 Å². The van der Waals surface area contributed by atoms with Gasteiger partial charge in [0.1, 0.15) is 10.8 Å². The summed E-state index contributed by atoms with van der Waals surface area (Å²) in [6.07, 6.45) is 0.0103. The van der Waals surface area contributed by atoms with Crippen molar-refractivity contribution in [3.05, 3.63) is 39.1 Å². The van der Waals surface area contributed by atoms with Gasteiger partial charge >= 0.3 is 6.18 Å². The molecule has 0 saturated carbocycles. The molecule has 3 aromatic rings. The lowest BCUT2D eigenvalue weighted by Gasteiger charge is -2.20. The van der Waals surface area contributed by atoms with E-state index in [9.17, 15) is 18.0 Å². The standard InChI is InChI=1S/C24H27F3N2O2S2/c1-14-10-17-21(13-28-14)32-20(12-16(30)6-4-3-5-9-31-2)22(17)23-29-18-11-15(24(25,26)27)7-8-19(18)33-23/h7-8,11,14,28H,3-6,9-10,12-13H2,1-2H3. The van der Waals surface area contributed by atoms with Gasteiger partial charge in [0.25, 0.3) is 0 Å². The van der Waals surface area contributed by atoms with Crippen molar-refractivity contribution in [3.63, 3.8) is 0 Å². The average Bonchev–Trinajstić information content (AvgIpc) is 3.32. The molecule has 0 fully saturated rings. The number of unbranched alkanes of at least 4 members (excludes halogenated alkanes) is 2. The Morgan fingerprint density at radius 3 is 2.82 bits per heavy atom. The van der Waals surface area contributed by atoms with E-state index in [1.165, 1.54) is 27.8 Å². The molecule has 4 rings (SSSR count). The SMILES string of the molecule is COCCCCCC(=O)Cc1sc2c(c1-c1nc3cc(C(F)(F)F)ccc3s1)CC(C)NC2. The van der Waals surface area contributed by atoms with E-state index in [0.717, 1.165) is 59.5 Å². The van der Waals surface area contributed by atoms with Gasteiger partial charge in [-0.2, -0.15) is 13.2 Å². The van der Waals surface area contributed by atoms with Gasteiger partial charge in [-0.15, -0.1) is 22.7 Å². The highest BCUT2D eigenvalue weighted by atomic mass is 32.1.